The molecule has 1 rings (SSSR count). The summed E-state index contributed by atoms with van der Waals surface area (Å²) in [4.78, 5) is 0. The van der Waals surface area contributed by atoms with E-state index < -0.39 is 11.7 Å². The van der Waals surface area contributed by atoms with Gasteiger partial charge in [-0.05, 0) is 12.8 Å². The van der Waals surface area contributed by atoms with Gasteiger partial charge in [0.15, 0.2) is 0 Å². The fourth-order valence-electron chi connectivity index (χ4n) is 0.710. The predicted molar refractivity (Wildman–Crippen MR) is 29.7 cm³/mol. The lowest BCUT2D eigenvalue weighted by Crippen LogP contribution is -2.25. The molecule has 0 spiro atoms. The molecule has 0 amide bonds. The first-order chi connectivity index (χ1) is 3.80. The van der Waals surface area contributed by atoms with E-state index in [2.05, 4.69) is 4.74 Å². The molecule has 2 unspecified atom stereocenters. The summed E-state index contributed by atoms with van der Waals surface area (Å²) >= 11 is 5.47. The zero-order valence-electron chi connectivity index (χ0n) is 4.44. The van der Waals surface area contributed by atoms with Gasteiger partial charge in [-0.1, -0.05) is 0 Å². The van der Waals surface area contributed by atoms with Gasteiger partial charge in [0, 0.05) is 0 Å². The van der Waals surface area contributed by atoms with E-state index in [1.54, 1.807) is 0 Å². The van der Waals surface area contributed by atoms with E-state index in [-0.39, 0.29) is 0 Å². The molecular weight excluding hydrogens is 131 g/mol. The van der Waals surface area contributed by atoms with Gasteiger partial charge in [0.2, 0.25) is 6.36 Å². The van der Waals surface area contributed by atoms with Gasteiger partial charge >= 0.3 is 0 Å². The van der Waals surface area contributed by atoms with Crippen molar-refractivity contribution in [3.63, 3.8) is 0 Å². The highest BCUT2D eigenvalue weighted by Gasteiger charge is 2.22. The molecule has 0 saturated carbocycles. The normalized spacial score (nSPS) is 39.8. The molecule has 48 valence electrons. The number of ether oxygens (including phenoxy) is 1. The van der Waals surface area contributed by atoms with Crippen LogP contribution in [0.25, 0.3) is 0 Å². The van der Waals surface area contributed by atoms with E-state index in [1.807, 2.05) is 0 Å². The topological polar surface area (TPSA) is 9.23 Å². The molecule has 1 heterocycles. The summed E-state index contributed by atoms with van der Waals surface area (Å²) in [5.74, 6) is 0. The van der Waals surface area contributed by atoms with Crippen LogP contribution in [0.2, 0.25) is 0 Å². The molecule has 1 aliphatic rings. The molecule has 0 aromatic rings. The van der Waals surface area contributed by atoms with Crippen molar-refractivity contribution in [3.8, 4) is 0 Å². The van der Waals surface area contributed by atoms with Crippen molar-refractivity contribution in [2.45, 2.75) is 24.6 Å². The summed E-state index contributed by atoms with van der Waals surface area (Å²) in [6.07, 6.45) is 0.391. The van der Waals surface area contributed by atoms with E-state index >= 15 is 0 Å². The first-order valence-electron chi connectivity index (χ1n) is 2.70. The lowest BCUT2D eigenvalue weighted by Gasteiger charge is -2.20. The Balaban J connectivity index is 2.28. The summed E-state index contributed by atoms with van der Waals surface area (Å²) < 4.78 is 16.8. The van der Waals surface area contributed by atoms with Gasteiger partial charge in [0.1, 0.15) is 0 Å². The predicted octanol–water partition coefficient (Wildman–Crippen LogP) is 1.70. The van der Waals surface area contributed by atoms with Gasteiger partial charge in [0.05, 0.1) is 12.0 Å². The summed E-state index contributed by atoms with van der Waals surface area (Å²) in [5, 5.41) is -0.413. The van der Waals surface area contributed by atoms with Crippen LogP contribution < -0.4 is 0 Å². The molecule has 1 fully saturated rings. The fourth-order valence-corrected chi connectivity index (χ4v) is 0.937. The van der Waals surface area contributed by atoms with Crippen molar-refractivity contribution in [3.05, 3.63) is 0 Å². The van der Waals surface area contributed by atoms with E-state index in [1.165, 1.54) is 0 Å². The Hall–Kier alpha value is 0.180. The molecule has 0 radical (unpaired) electrons. The molecule has 0 aromatic heterocycles. The molecule has 0 N–H and O–H groups in total. The third-order valence-corrected chi connectivity index (χ3v) is 1.60. The Morgan fingerprint density at radius 1 is 1.62 bits per heavy atom. The smallest absolute Gasteiger partial charge is 0.215 e. The average molecular weight is 139 g/mol. The molecule has 1 aliphatic heterocycles. The molecule has 1 saturated heterocycles. The van der Waals surface area contributed by atoms with Crippen LogP contribution >= 0.6 is 11.6 Å². The maximum atomic E-state index is 12.2. The Morgan fingerprint density at radius 3 is 2.75 bits per heavy atom. The molecule has 3 heteroatoms. The number of hydrogen-bond donors (Lipinski definition) is 0. The molecule has 1 nitrogen and oxygen atoms in total. The van der Waals surface area contributed by atoms with Crippen LogP contribution in [0.1, 0.15) is 12.8 Å². The third-order valence-electron chi connectivity index (χ3n) is 1.19. The Labute approximate surface area is 52.8 Å². The minimum atomic E-state index is -1.23. The van der Waals surface area contributed by atoms with Crippen LogP contribution in [0, 0.1) is 0 Å². The van der Waals surface area contributed by atoms with Crippen molar-refractivity contribution in [2.24, 2.45) is 0 Å². The second-order valence-corrected chi connectivity index (χ2v) is 2.44. The van der Waals surface area contributed by atoms with Crippen molar-refractivity contribution >= 4 is 11.6 Å². The van der Waals surface area contributed by atoms with E-state index in [4.69, 9.17) is 11.6 Å². The van der Waals surface area contributed by atoms with Crippen LogP contribution in [0.5, 0.6) is 0 Å². The number of rotatable bonds is 0. The zero-order valence-corrected chi connectivity index (χ0v) is 5.20. The highest BCUT2D eigenvalue weighted by atomic mass is 35.5. The van der Waals surface area contributed by atoms with Gasteiger partial charge in [0.25, 0.3) is 0 Å². The van der Waals surface area contributed by atoms with Crippen molar-refractivity contribution in [1.82, 2.24) is 0 Å². The first-order valence-corrected chi connectivity index (χ1v) is 3.14. The Kier molecular flexibility index (Phi) is 2.08. The quantitative estimate of drug-likeness (QED) is 0.463. The lowest BCUT2D eigenvalue weighted by atomic mass is 10.2. The largest absolute Gasteiger partial charge is 0.347 e. The van der Waals surface area contributed by atoms with Crippen LogP contribution in [0.15, 0.2) is 0 Å². The molecule has 0 aliphatic carbocycles. The summed E-state index contributed by atoms with van der Waals surface area (Å²) in [5.41, 5.74) is 0. The van der Waals surface area contributed by atoms with Gasteiger partial charge in [-0.3, -0.25) is 0 Å². The standard InChI is InChI=1S/C5H8ClFO/c6-4-2-1-3-8-5(4)7/h4-5H,1-3H2. The van der Waals surface area contributed by atoms with Gasteiger partial charge in [-0.15, -0.1) is 11.6 Å². The van der Waals surface area contributed by atoms with E-state index in [0.717, 1.165) is 12.8 Å². The monoisotopic (exact) mass is 138 g/mol. The van der Waals surface area contributed by atoms with Crippen LogP contribution in [-0.4, -0.2) is 18.3 Å². The van der Waals surface area contributed by atoms with Crippen molar-refractivity contribution in [2.75, 3.05) is 6.61 Å². The summed E-state index contributed by atoms with van der Waals surface area (Å²) in [6.45, 7) is 0.518. The number of alkyl halides is 2. The highest BCUT2D eigenvalue weighted by Crippen LogP contribution is 2.19. The minimum Gasteiger partial charge on any atom is -0.347 e. The fraction of sp³-hybridized carbons (Fsp3) is 1.00. The lowest BCUT2D eigenvalue weighted by molar-refractivity contribution is -0.0643. The highest BCUT2D eigenvalue weighted by molar-refractivity contribution is 6.20. The van der Waals surface area contributed by atoms with Crippen LogP contribution in [0.3, 0.4) is 0 Å². The molecule has 0 bridgehead atoms. The van der Waals surface area contributed by atoms with Crippen LogP contribution in [-0.2, 0) is 4.74 Å². The van der Waals surface area contributed by atoms with Crippen molar-refractivity contribution in [1.29, 1.82) is 0 Å². The third kappa shape index (κ3) is 1.33. The number of halogens is 2. The average Bonchev–Trinajstić information content (AvgIpc) is 1.77. The summed E-state index contributed by atoms with van der Waals surface area (Å²) in [7, 11) is 0. The van der Waals surface area contributed by atoms with Crippen molar-refractivity contribution < 1.29 is 9.13 Å². The maximum Gasteiger partial charge on any atom is 0.215 e. The first kappa shape index (κ1) is 6.30. The molecular formula is C5H8ClFO. The molecule has 2 atom stereocenters. The summed E-state index contributed by atoms with van der Waals surface area (Å²) in [6, 6.07) is 0. The van der Waals surface area contributed by atoms with Gasteiger partial charge < -0.3 is 4.74 Å². The SMILES string of the molecule is FC1OCCCC1Cl. The number of hydrogen-bond acceptors (Lipinski definition) is 1. The maximum absolute atomic E-state index is 12.2. The van der Waals surface area contributed by atoms with E-state index in [9.17, 15) is 4.39 Å². The van der Waals surface area contributed by atoms with E-state index in [0.29, 0.717) is 6.61 Å². The molecule has 8 heavy (non-hydrogen) atoms. The van der Waals surface area contributed by atoms with Gasteiger partial charge in [-0.25, -0.2) is 4.39 Å². The van der Waals surface area contributed by atoms with Crippen LogP contribution in [0.4, 0.5) is 4.39 Å². The van der Waals surface area contributed by atoms with Gasteiger partial charge in [-0.2, -0.15) is 0 Å². The zero-order chi connectivity index (χ0) is 5.98. The second kappa shape index (κ2) is 2.65. The minimum absolute atomic E-state index is 0.413. The Morgan fingerprint density at radius 2 is 2.38 bits per heavy atom. The Bertz CT molecular complexity index is 68.8. The molecule has 0 aromatic carbocycles. The second-order valence-electron chi connectivity index (χ2n) is 1.88.